The smallest absolute Gasteiger partial charge is 0.311 e. The normalized spacial score (nSPS) is 16.1. The van der Waals surface area contributed by atoms with Gasteiger partial charge in [-0.15, -0.1) is 0 Å². The fourth-order valence-corrected chi connectivity index (χ4v) is 3.24. The molecule has 8 nitrogen and oxygen atoms in total. The molecule has 0 aromatic heterocycles. The van der Waals surface area contributed by atoms with Crippen molar-refractivity contribution in [3.63, 3.8) is 0 Å². The summed E-state index contributed by atoms with van der Waals surface area (Å²) in [5, 5.41) is 14.5. The third-order valence-corrected chi connectivity index (χ3v) is 4.64. The zero-order chi connectivity index (χ0) is 19.4. The number of ether oxygens (including phenoxy) is 3. The van der Waals surface area contributed by atoms with Crippen LogP contribution in [-0.4, -0.2) is 45.4 Å². The minimum absolute atomic E-state index is 0.0421. The summed E-state index contributed by atoms with van der Waals surface area (Å²) in [4.78, 5) is 12.8. The molecule has 1 N–H and O–H groups in total. The molecule has 8 heteroatoms. The molecule has 1 unspecified atom stereocenters. The van der Waals surface area contributed by atoms with Crippen LogP contribution >= 0.6 is 0 Å². The number of methoxy groups -OCH3 is 3. The fourth-order valence-electron chi connectivity index (χ4n) is 3.24. The van der Waals surface area contributed by atoms with Crippen molar-refractivity contribution in [1.29, 1.82) is 0 Å². The molecule has 2 aromatic rings. The van der Waals surface area contributed by atoms with E-state index < -0.39 is 4.92 Å². The number of anilines is 2. The first-order valence-electron chi connectivity index (χ1n) is 8.61. The summed E-state index contributed by atoms with van der Waals surface area (Å²) in [5.74, 6) is 1.75. The summed E-state index contributed by atoms with van der Waals surface area (Å²) in [6, 6.07) is 10.9. The predicted octanol–water partition coefficient (Wildman–Crippen LogP) is 3.31. The quantitative estimate of drug-likeness (QED) is 0.588. The van der Waals surface area contributed by atoms with Crippen molar-refractivity contribution < 1.29 is 19.1 Å². The van der Waals surface area contributed by atoms with Crippen molar-refractivity contribution in [3.05, 3.63) is 46.5 Å². The van der Waals surface area contributed by atoms with Crippen LogP contribution in [0.15, 0.2) is 36.4 Å². The Morgan fingerprint density at radius 3 is 2.37 bits per heavy atom. The number of benzene rings is 2. The molecule has 1 heterocycles. The van der Waals surface area contributed by atoms with Gasteiger partial charge in [-0.3, -0.25) is 10.1 Å². The Kier molecular flexibility index (Phi) is 5.54. The van der Waals surface area contributed by atoms with Gasteiger partial charge in [-0.1, -0.05) is 0 Å². The van der Waals surface area contributed by atoms with Crippen molar-refractivity contribution in [1.82, 2.24) is 0 Å². The van der Waals surface area contributed by atoms with E-state index in [1.54, 1.807) is 26.4 Å². The first kappa shape index (κ1) is 18.6. The number of nitro benzene ring substituents is 1. The van der Waals surface area contributed by atoms with E-state index in [4.69, 9.17) is 14.2 Å². The van der Waals surface area contributed by atoms with Crippen LogP contribution in [0.5, 0.6) is 17.2 Å². The zero-order valence-electron chi connectivity index (χ0n) is 15.6. The van der Waals surface area contributed by atoms with Gasteiger partial charge >= 0.3 is 5.69 Å². The maximum atomic E-state index is 11.0. The van der Waals surface area contributed by atoms with E-state index in [1.807, 2.05) is 18.2 Å². The largest absolute Gasteiger partial charge is 0.497 e. The van der Waals surface area contributed by atoms with E-state index in [0.717, 1.165) is 42.4 Å². The predicted molar refractivity (Wildman–Crippen MR) is 103 cm³/mol. The number of rotatable bonds is 7. The van der Waals surface area contributed by atoms with Crippen molar-refractivity contribution in [2.45, 2.75) is 12.5 Å². The molecule has 2 aromatic carbocycles. The van der Waals surface area contributed by atoms with E-state index in [0.29, 0.717) is 0 Å². The van der Waals surface area contributed by atoms with Crippen molar-refractivity contribution in [3.8, 4) is 17.2 Å². The molecule has 0 spiro atoms. The van der Waals surface area contributed by atoms with Gasteiger partial charge in [0, 0.05) is 60.8 Å². The SMILES string of the molecule is COc1cc(OC)cc(N2CCC(Nc3ccc([N+](=O)[O-])c(OC)c3)C2)c1. The molecule has 0 amide bonds. The number of hydrogen-bond donors (Lipinski definition) is 1. The second-order valence-electron chi connectivity index (χ2n) is 6.29. The third-order valence-electron chi connectivity index (χ3n) is 4.64. The van der Waals surface area contributed by atoms with Crippen LogP contribution in [0.2, 0.25) is 0 Å². The Labute approximate surface area is 157 Å². The first-order valence-corrected chi connectivity index (χ1v) is 8.61. The van der Waals surface area contributed by atoms with Gasteiger partial charge in [-0.2, -0.15) is 0 Å². The van der Waals surface area contributed by atoms with Gasteiger partial charge in [0.05, 0.1) is 26.3 Å². The fraction of sp³-hybridized carbons (Fsp3) is 0.368. The standard InChI is InChI=1S/C19H23N3O5/c1-25-16-9-15(10-17(11-16)26-2)21-7-6-14(12-21)20-13-4-5-18(22(23)24)19(8-13)27-3/h4-5,8-11,14,20H,6-7,12H2,1-3H3. The maximum Gasteiger partial charge on any atom is 0.311 e. The van der Waals surface area contributed by atoms with Gasteiger partial charge in [0.1, 0.15) is 11.5 Å². The van der Waals surface area contributed by atoms with Gasteiger partial charge in [-0.05, 0) is 12.5 Å². The molecule has 0 radical (unpaired) electrons. The van der Waals surface area contributed by atoms with Gasteiger partial charge in [0.15, 0.2) is 5.75 Å². The molecule has 1 saturated heterocycles. The lowest BCUT2D eigenvalue weighted by molar-refractivity contribution is -0.385. The van der Waals surface area contributed by atoms with Crippen molar-refractivity contribution in [2.75, 3.05) is 44.6 Å². The Bertz CT molecular complexity index is 805. The highest BCUT2D eigenvalue weighted by molar-refractivity contribution is 5.60. The highest BCUT2D eigenvalue weighted by atomic mass is 16.6. The van der Waals surface area contributed by atoms with Gasteiger partial charge in [0.25, 0.3) is 0 Å². The lowest BCUT2D eigenvalue weighted by atomic mass is 10.2. The summed E-state index contributed by atoms with van der Waals surface area (Å²) in [6.07, 6.45) is 0.943. The molecular formula is C19H23N3O5. The van der Waals surface area contributed by atoms with Crippen LogP contribution < -0.4 is 24.4 Å². The summed E-state index contributed by atoms with van der Waals surface area (Å²) in [6.45, 7) is 1.69. The Balaban J connectivity index is 1.71. The van der Waals surface area contributed by atoms with E-state index in [-0.39, 0.29) is 17.5 Å². The molecule has 1 aliphatic rings. The average Bonchev–Trinajstić information content (AvgIpc) is 3.15. The Morgan fingerprint density at radius 2 is 1.78 bits per heavy atom. The summed E-state index contributed by atoms with van der Waals surface area (Å²) in [5.41, 5.74) is 1.80. The molecule has 1 fully saturated rings. The van der Waals surface area contributed by atoms with E-state index in [9.17, 15) is 10.1 Å². The molecule has 0 saturated carbocycles. The second kappa shape index (κ2) is 8.03. The first-order chi connectivity index (χ1) is 13.0. The maximum absolute atomic E-state index is 11.0. The third kappa shape index (κ3) is 4.16. The Morgan fingerprint density at radius 1 is 1.07 bits per heavy atom. The van der Waals surface area contributed by atoms with Crippen molar-refractivity contribution in [2.24, 2.45) is 0 Å². The molecule has 144 valence electrons. The number of hydrogen-bond acceptors (Lipinski definition) is 7. The number of nitrogens with one attached hydrogen (secondary N) is 1. The monoisotopic (exact) mass is 373 g/mol. The number of nitrogens with zero attached hydrogens (tertiary/aromatic N) is 2. The topological polar surface area (TPSA) is 86.1 Å². The minimum atomic E-state index is -0.448. The Hall–Kier alpha value is -3.16. The highest BCUT2D eigenvalue weighted by Gasteiger charge is 2.24. The van der Waals surface area contributed by atoms with Crippen LogP contribution in [0.25, 0.3) is 0 Å². The molecule has 1 atom stereocenters. The molecule has 1 aliphatic heterocycles. The second-order valence-corrected chi connectivity index (χ2v) is 6.29. The van der Waals surface area contributed by atoms with Crippen LogP contribution in [0.3, 0.4) is 0 Å². The van der Waals surface area contributed by atoms with E-state index in [2.05, 4.69) is 10.2 Å². The highest BCUT2D eigenvalue weighted by Crippen LogP contribution is 2.33. The van der Waals surface area contributed by atoms with Crippen LogP contribution in [0.1, 0.15) is 6.42 Å². The van der Waals surface area contributed by atoms with Crippen LogP contribution in [0.4, 0.5) is 17.1 Å². The summed E-state index contributed by atoms with van der Waals surface area (Å²) < 4.78 is 15.8. The van der Waals surface area contributed by atoms with Gasteiger partial charge < -0.3 is 24.4 Å². The molecule has 0 aliphatic carbocycles. The van der Waals surface area contributed by atoms with Gasteiger partial charge in [0.2, 0.25) is 0 Å². The molecular weight excluding hydrogens is 350 g/mol. The lowest BCUT2D eigenvalue weighted by Gasteiger charge is -2.21. The molecule has 0 bridgehead atoms. The molecule has 3 rings (SSSR count). The summed E-state index contributed by atoms with van der Waals surface area (Å²) in [7, 11) is 4.70. The summed E-state index contributed by atoms with van der Waals surface area (Å²) >= 11 is 0. The van der Waals surface area contributed by atoms with Crippen LogP contribution in [0, 0.1) is 10.1 Å². The zero-order valence-corrected chi connectivity index (χ0v) is 15.6. The van der Waals surface area contributed by atoms with E-state index >= 15 is 0 Å². The van der Waals surface area contributed by atoms with Crippen LogP contribution in [-0.2, 0) is 0 Å². The van der Waals surface area contributed by atoms with Gasteiger partial charge in [-0.25, -0.2) is 0 Å². The van der Waals surface area contributed by atoms with E-state index in [1.165, 1.54) is 13.2 Å². The van der Waals surface area contributed by atoms with Crippen molar-refractivity contribution >= 4 is 17.1 Å². The lowest BCUT2D eigenvalue weighted by Crippen LogP contribution is -2.26. The number of nitro groups is 1. The molecule has 27 heavy (non-hydrogen) atoms. The average molecular weight is 373 g/mol. The minimum Gasteiger partial charge on any atom is -0.497 e.